The Morgan fingerprint density at radius 1 is 1.12 bits per heavy atom. The molecule has 0 saturated heterocycles. The minimum atomic E-state index is -3.69. The summed E-state index contributed by atoms with van der Waals surface area (Å²) >= 11 is 0. The lowest BCUT2D eigenvalue weighted by atomic mass is 10.1. The molecule has 0 saturated carbocycles. The van der Waals surface area contributed by atoms with Gasteiger partial charge in [0.05, 0.1) is 29.7 Å². The Hall–Kier alpha value is -2.80. The highest BCUT2D eigenvalue weighted by atomic mass is 32.2. The molecule has 26 heavy (non-hydrogen) atoms. The summed E-state index contributed by atoms with van der Waals surface area (Å²) in [4.78, 5) is 7.24. The fourth-order valence-electron chi connectivity index (χ4n) is 2.71. The van der Waals surface area contributed by atoms with Gasteiger partial charge in [-0.1, -0.05) is 12.1 Å². The molecule has 0 unspecified atom stereocenters. The molecule has 1 heterocycles. The largest absolute Gasteiger partial charge is 0.494 e. The van der Waals surface area contributed by atoms with Gasteiger partial charge >= 0.3 is 0 Å². The van der Waals surface area contributed by atoms with E-state index in [9.17, 15) is 8.42 Å². The number of aromatic nitrogens is 2. The fourth-order valence-corrected chi connectivity index (χ4v) is 4.08. The third-order valence-electron chi connectivity index (χ3n) is 4.01. The number of aromatic amines is 1. The van der Waals surface area contributed by atoms with Crippen LogP contribution in [-0.2, 0) is 10.0 Å². The highest BCUT2D eigenvalue weighted by Gasteiger charge is 2.19. The van der Waals surface area contributed by atoms with Crippen molar-refractivity contribution in [1.29, 1.82) is 0 Å². The average molecular weight is 371 g/mol. The normalized spacial score (nSPS) is 11.3. The van der Waals surface area contributed by atoms with E-state index in [2.05, 4.69) is 14.7 Å². The fraction of sp³-hybridized carbons (Fsp3) is 0.211. The molecule has 0 amide bonds. The van der Waals surface area contributed by atoms with Gasteiger partial charge in [-0.3, -0.25) is 4.72 Å². The lowest BCUT2D eigenvalue weighted by Crippen LogP contribution is -2.14. The quantitative estimate of drug-likeness (QED) is 0.688. The number of aryl methyl sites for hydroxylation is 2. The van der Waals surface area contributed by atoms with Gasteiger partial charge in [0.15, 0.2) is 0 Å². The summed E-state index contributed by atoms with van der Waals surface area (Å²) < 4.78 is 33.7. The minimum Gasteiger partial charge on any atom is -0.494 e. The van der Waals surface area contributed by atoms with E-state index in [0.717, 1.165) is 16.8 Å². The molecular formula is C19H21N3O3S. The molecule has 0 radical (unpaired) electrons. The first-order valence-corrected chi connectivity index (χ1v) is 9.74. The van der Waals surface area contributed by atoms with E-state index in [1.165, 1.54) is 0 Å². The molecule has 0 spiro atoms. The van der Waals surface area contributed by atoms with Crippen LogP contribution in [0.3, 0.4) is 0 Å². The minimum absolute atomic E-state index is 0.246. The van der Waals surface area contributed by atoms with Crippen molar-refractivity contribution in [2.75, 3.05) is 11.3 Å². The third-order valence-corrected chi connectivity index (χ3v) is 5.53. The van der Waals surface area contributed by atoms with Crippen molar-refractivity contribution in [2.24, 2.45) is 0 Å². The van der Waals surface area contributed by atoms with E-state index in [1.807, 2.05) is 26.0 Å². The molecule has 136 valence electrons. The van der Waals surface area contributed by atoms with E-state index in [-0.39, 0.29) is 4.90 Å². The number of sulfonamides is 1. The zero-order chi connectivity index (χ0) is 18.7. The monoisotopic (exact) mass is 371 g/mol. The maximum absolute atomic E-state index is 12.8. The number of ether oxygens (including phenoxy) is 1. The summed E-state index contributed by atoms with van der Waals surface area (Å²) in [5, 5.41) is 0. The van der Waals surface area contributed by atoms with Gasteiger partial charge in [0.1, 0.15) is 5.75 Å². The lowest BCUT2D eigenvalue weighted by Gasteiger charge is -2.14. The van der Waals surface area contributed by atoms with Crippen molar-refractivity contribution in [3.63, 3.8) is 0 Å². The Morgan fingerprint density at radius 3 is 2.46 bits per heavy atom. The Kier molecular flexibility index (Phi) is 4.99. The van der Waals surface area contributed by atoms with Gasteiger partial charge in [-0.25, -0.2) is 13.4 Å². The second kappa shape index (κ2) is 7.21. The van der Waals surface area contributed by atoms with Gasteiger partial charge in [0, 0.05) is 5.69 Å². The second-order valence-corrected chi connectivity index (χ2v) is 7.62. The Balaban J connectivity index is 1.86. The molecule has 0 aliphatic heterocycles. The van der Waals surface area contributed by atoms with Crippen LogP contribution in [-0.4, -0.2) is 25.0 Å². The molecule has 1 aromatic heterocycles. The molecule has 3 rings (SSSR count). The van der Waals surface area contributed by atoms with Crippen LogP contribution in [0.1, 0.15) is 18.1 Å². The maximum atomic E-state index is 12.8. The third kappa shape index (κ3) is 3.72. The molecule has 0 atom stereocenters. The summed E-state index contributed by atoms with van der Waals surface area (Å²) in [5.41, 5.74) is 3.73. The standard InChI is InChI=1S/C19H21N3O3S/c1-4-25-18-9-14(3)19(10-13(18)2)26(23,24)22-16-7-5-15(6-8-16)17-11-20-12-21-17/h5-12,22H,4H2,1-3H3,(H,20,21). The Labute approximate surface area is 153 Å². The summed E-state index contributed by atoms with van der Waals surface area (Å²) in [6.45, 7) is 6.03. The predicted octanol–water partition coefficient (Wildman–Crippen LogP) is 3.89. The molecular weight excluding hydrogens is 350 g/mol. The molecule has 6 nitrogen and oxygen atoms in total. The number of hydrogen-bond acceptors (Lipinski definition) is 4. The van der Waals surface area contributed by atoms with E-state index >= 15 is 0 Å². The summed E-state index contributed by atoms with van der Waals surface area (Å²) in [6, 6.07) is 10.5. The number of rotatable bonds is 6. The van der Waals surface area contributed by atoms with Crippen LogP contribution in [0.15, 0.2) is 53.8 Å². The molecule has 2 N–H and O–H groups in total. The highest BCUT2D eigenvalue weighted by molar-refractivity contribution is 7.92. The molecule has 3 aromatic rings. The van der Waals surface area contributed by atoms with Crippen molar-refractivity contribution in [3.05, 3.63) is 60.0 Å². The van der Waals surface area contributed by atoms with Crippen LogP contribution in [0.25, 0.3) is 11.3 Å². The summed E-state index contributed by atoms with van der Waals surface area (Å²) in [5.74, 6) is 0.702. The van der Waals surface area contributed by atoms with Gasteiger partial charge < -0.3 is 9.72 Å². The second-order valence-electron chi connectivity index (χ2n) is 5.96. The number of imidazole rings is 1. The van der Waals surface area contributed by atoms with E-state index < -0.39 is 10.0 Å². The van der Waals surface area contributed by atoms with Crippen molar-refractivity contribution >= 4 is 15.7 Å². The summed E-state index contributed by atoms with van der Waals surface area (Å²) in [6.07, 6.45) is 3.31. The first-order chi connectivity index (χ1) is 12.4. The van der Waals surface area contributed by atoms with E-state index in [4.69, 9.17) is 4.74 Å². The Bertz CT molecular complexity index is 995. The average Bonchev–Trinajstić information content (AvgIpc) is 3.13. The number of anilines is 1. The van der Waals surface area contributed by atoms with Gasteiger partial charge in [0.25, 0.3) is 10.0 Å². The van der Waals surface area contributed by atoms with Gasteiger partial charge in [-0.2, -0.15) is 0 Å². The lowest BCUT2D eigenvalue weighted by molar-refractivity contribution is 0.337. The molecule has 7 heteroatoms. The number of H-pyrrole nitrogens is 1. The Morgan fingerprint density at radius 2 is 1.85 bits per heavy atom. The van der Waals surface area contributed by atoms with Gasteiger partial charge in [-0.15, -0.1) is 0 Å². The van der Waals surface area contributed by atoms with Crippen molar-refractivity contribution in [3.8, 4) is 17.0 Å². The SMILES string of the molecule is CCOc1cc(C)c(S(=O)(=O)Nc2ccc(-c3cnc[nH]3)cc2)cc1C. The van der Waals surface area contributed by atoms with Crippen LogP contribution in [0.4, 0.5) is 5.69 Å². The molecule has 0 fully saturated rings. The van der Waals surface area contributed by atoms with Crippen molar-refractivity contribution < 1.29 is 13.2 Å². The van der Waals surface area contributed by atoms with Crippen molar-refractivity contribution in [1.82, 2.24) is 9.97 Å². The smallest absolute Gasteiger partial charge is 0.262 e. The zero-order valence-electron chi connectivity index (χ0n) is 14.9. The van der Waals surface area contributed by atoms with Crippen LogP contribution < -0.4 is 9.46 Å². The molecule has 0 aliphatic carbocycles. The number of benzene rings is 2. The van der Waals surface area contributed by atoms with Crippen LogP contribution in [0, 0.1) is 13.8 Å². The molecule has 0 aliphatic rings. The molecule has 0 bridgehead atoms. The zero-order valence-corrected chi connectivity index (χ0v) is 15.7. The number of nitrogens with zero attached hydrogens (tertiary/aromatic N) is 1. The van der Waals surface area contributed by atoms with Crippen LogP contribution in [0.2, 0.25) is 0 Å². The summed E-state index contributed by atoms with van der Waals surface area (Å²) in [7, 11) is -3.69. The van der Waals surface area contributed by atoms with Crippen LogP contribution >= 0.6 is 0 Å². The van der Waals surface area contributed by atoms with Crippen molar-refractivity contribution in [2.45, 2.75) is 25.7 Å². The molecule has 2 aromatic carbocycles. The first-order valence-electron chi connectivity index (χ1n) is 8.26. The van der Waals surface area contributed by atoms with Gasteiger partial charge in [0.2, 0.25) is 0 Å². The highest BCUT2D eigenvalue weighted by Crippen LogP contribution is 2.28. The first kappa shape index (κ1) is 18.0. The van der Waals surface area contributed by atoms with E-state index in [1.54, 1.807) is 43.7 Å². The van der Waals surface area contributed by atoms with E-state index in [0.29, 0.717) is 23.6 Å². The number of hydrogen-bond donors (Lipinski definition) is 2. The topological polar surface area (TPSA) is 84.1 Å². The van der Waals surface area contributed by atoms with Gasteiger partial charge in [-0.05, 0) is 61.7 Å². The number of nitrogens with one attached hydrogen (secondary N) is 2. The van der Waals surface area contributed by atoms with Crippen LogP contribution in [0.5, 0.6) is 5.75 Å². The maximum Gasteiger partial charge on any atom is 0.262 e. The predicted molar refractivity (Wildman–Crippen MR) is 102 cm³/mol.